The summed E-state index contributed by atoms with van der Waals surface area (Å²) in [7, 11) is 0. The van der Waals surface area contributed by atoms with Crippen LogP contribution in [0.5, 0.6) is 5.75 Å². The summed E-state index contributed by atoms with van der Waals surface area (Å²) in [4.78, 5) is 6.65. The Bertz CT molecular complexity index is 548. The molecule has 0 spiro atoms. The van der Waals surface area contributed by atoms with Crippen molar-refractivity contribution in [3.63, 3.8) is 0 Å². The molecule has 1 aromatic heterocycles. The average molecular weight is 355 g/mol. The monoisotopic (exact) mass is 354 g/mol. The van der Waals surface area contributed by atoms with Crippen molar-refractivity contribution >= 4 is 34.0 Å². The van der Waals surface area contributed by atoms with Crippen molar-refractivity contribution in [3.8, 4) is 5.75 Å². The summed E-state index contributed by atoms with van der Waals surface area (Å²) in [5.41, 5.74) is 4.35. The van der Waals surface area contributed by atoms with Crippen molar-refractivity contribution in [2.24, 2.45) is 5.10 Å². The predicted molar refractivity (Wildman–Crippen MR) is 98.5 cm³/mol. The SMILES string of the molecule is CSC(=S)N/N=C(\C)c1cc(OCCN2CCOCC2)ccn1. The van der Waals surface area contributed by atoms with E-state index < -0.39 is 0 Å². The Morgan fingerprint density at radius 1 is 1.52 bits per heavy atom. The van der Waals surface area contributed by atoms with Gasteiger partial charge in [0, 0.05) is 31.9 Å². The number of thiocarbonyl (C=S) groups is 1. The van der Waals surface area contributed by atoms with E-state index in [0.29, 0.717) is 10.9 Å². The fraction of sp³-hybridized carbons (Fsp3) is 0.533. The van der Waals surface area contributed by atoms with Crippen LogP contribution in [0.15, 0.2) is 23.4 Å². The van der Waals surface area contributed by atoms with Crippen LogP contribution in [-0.4, -0.2) is 65.6 Å². The van der Waals surface area contributed by atoms with E-state index in [1.165, 1.54) is 11.8 Å². The van der Waals surface area contributed by atoms with Crippen LogP contribution in [0.1, 0.15) is 12.6 Å². The molecule has 8 heteroatoms. The van der Waals surface area contributed by atoms with Crippen LogP contribution in [0.3, 0.4) is 0 Å². The molecule has 1 aliphatic heterocycles. The first-order valence-corrected chi connectivity index (χ1v) is 9.10. The molecule has 23 heavy (non-hydrogen) atoms. The molecule has 1 saturated heterocycles. The number of hydrazone groups is 1. The minimum atomic E-state index is 0.627. The number of hydrogen-bond acceptors (Lipinski definition) is 7. The highest BCUT2D eigenvalue weighted by Gasteiger charge is 2.10. The molecule has 0 unspecified atom stereocenters. The Kier molecular flexibility index (Phi) is 7.73. The maximum atomic E-state index is 5.82. The molecule has 126 valence electrons. The summed E-state index contributed by atoms with van der Waals surface area (Å²) in [6.45, 7) is 6.98. The molecule has 0 atom stereocenters. The van der Waals surface area contributed by atoms with Gasteiger partial charge in [0.1, 0.15) is 12.4 Å². The van der Waals surface area contributed by atoms with E-state index in [9.17, 15) is 0 Å². The number of thioether (sulfide) groups is 1. The summed E-state index contributed by atoms with van der Waals surface area (Å²) >= 11 is 6.50. The van der Waals surface area contributed by atoms with Gasteiger partial charge in [0.05, 0.1) is 24.6 Å². The molecule has 2 heterocycles. The third-order valence-electron chi connectivity index (χ3n) is 3.38. The van der Waals surface area contributed by atoms with Crippen LogP contribution in [0.25, 0.3) is 0 Å². The Hall–Kier alpha value is -1.22. The van der Waals surface area contributed by atoms with E-state index in [-0.39, 0.29) is 0 Å². The van der Waals surface area contributed by atoms with Crippen LogP contribution in [0.4, 0.5) is 0 Å². The smallest absolute Gasteiger partial charge is 0.153 e. The van der Waals surface area contributed by atoms with E-state index in [1.54, 1.807) is 6.20 Å². The third kappa shape index (κ3) is 6.42. The Morgan fingerprint density at radius 3 is 3.04 bits per heavy atom. The molecule has 0 saturated carbocycles. The van der Waals surface area contributed by atoms with Gasteiger partial charge in [-0.3, -0.25) is 15.3 Å². The maximum Gasteiger partial charge on any atom is 0.153 e. The van der Waals surface area contributed by atoms with Crippen molar-refractivity contribution in [3.05, 3.63) is 24.0 Å². The minimum Gasteiger partial charge on any atom is -0.492 e. The van der Waals surface area contributed by atoms with Gasteiger partial charge >= 0.3 is 0 Å². The second kappa shape index (κ2) is 9.82. The molecular weight excluding hydrogens is 332 g/mol. The van der Waals surface area contributed by atoms with Gasteiger partial charge in [-0.15, -0.1) is 0 Å². The van der Waals surface area contributed by atoms with Crippen molar-refractivity contribution in [2.75, 3.05) is 45.7 Å². The highest BCUT2D eigenvalue weighted by molar-refractivity contribution is 8.22. The largest absolute Gasteiger partial charge is 0.492 e. The van der Waals surface area contributed by atoms with Gasteiger partial charge in [0.25, 0.3) is 0 Å². The Labute approximate surface area is 146 Å². The lowest BCUT2D eigenvalue weighted by atomic mass is 10.2. The molecular formula is C15H22N4O2S2. The van der Waals surface area contributed by atoms with Gasteiger partial charge in [-0.05, 0) is 19.2 Å². The van der Waals surface area contributed by atoms with Crippen molar-refractivity contribution in [2.45, 2.75) is 6.92 Å². The summed E-state index contributed by atoms with van der Waals surface area (Å²) < 4.78 is 11.8. The van der Waals surface area contributed by atoms with Crippen molar-refractivity contribution < 1.29 is 9.47 Å². The van der Waals surface area contributed by atoms with Gasteiger partial charge < -0.3 is 9.47 Å². The van der Waals surface area contributed by atoms with Gasteiger partial charge in [-0.1, -0.05) is 24.0 Å². The highest BCUT2D eigenvalue weighted by atomic mass is 32.2. The number of hydrogen-bond donors (Lipinski definition) is 1. The molecule has 6 nitrogen and oxygen atoms in total. The first-order chi connectivity index (χ1) is 11.2. The van der Waals surface area contributed by atoms with Crippen LogP contribution in [0.2, 0.25) is 0 Å². The first-order valence-electron chi connectivity index (χ1n) is 7.46. The summed E-state index contributed by atoms with van der Waals surface area (Å²) in [6.07, 6.45) is 3.63. The summed E-state index contributed by atoms with van der Waals surface area (Å²) in [5, 5.41) is 4.22. The molecule has 0 radical (unpaired) electrons. The summed E-state index contributed by atoms with van der Waals surface area (Å²) in [5.74, 6) is 0.797. The number of morpholine rings is 1. The molecule has 0 amide bonds. The molecule has 1 N–H and O–H groups in total. The van der Waals surface area contributed by atoms with Crippen LogP contribution < -0.4 is 10.2 Å². The van der Waals surface area contributed by atoms with Gasteiger partial charge in [0.2, 0.25) is 0 Å². The quantitative estimate of drug-likeness (QED) is 0.474. The maximum absolute atomic E-state index is 5.82. The number of ether oxygens (including phenoxy) is 2. The number of rotatable bonds is 6. The topological polar surface area (TPSA) is 59.0 Å². The van der Waals surface area contributed by atoms with Crippen LogP contribution in [0, 0.1) is 0 Å². The van der Waals surface area contributed by atoms with Gasteiger partial charge in [-0.2, -0.15) is 5.10 Å². The first kappa shape index (κ1) is 18.1. The molecule has 0 aromatic carbocycles. The molecule has 1 fully saturated rings. The van der Waals surface area contributed by atoms with Gasteiger partial charge in [0.15, 0.2) is 4.32 Å². The average Bonchev–Trinajstić information content (AvgIpc) is 2.60. The fourth-order valence-corrected chi connectivity index (χ4v) is 2.23. The number of pyridine rings is 1. The molecule has 1 aromatic rings. The Morgan fingerprint density at radius 2 is 2.30 bits per heavy atom. The van der Waals surface area contributed by atoms with E-state index in [0.717, 1.165) is 50.0 Å². The highest BCUT2D eigenvalue weighted by Crippen LogP contribution is 2.12. The fourth-order valence-electron chi connectivity index (χ4n) is 2.05. The van der Waals surface area contributed by atoms with Crippen LogP contribution in [-0.2, 0) is 4.74 Å². The zero-order valence-corrected chi connectivity index (χ0v) is 15.1. The number of aromatic nitrogens is 1. The standard InChI is InChI=1S/C15H22N4O2S2/c1-12(17-18-15(22)23-2)14-11-13(3-4-16-14)21-10-7-19-5-8-20-9-6-19/h3-4,11H,5-10H2,1-2H3,(H,18,22)/b17-12+. The van der Waals surface area contributed by atoms with E-state index in [2.05, 4.69) is 20.4 Å². The Balaban J connectivity index is 1.84. The summed E-state index contributed by atoms with van der Waals surface area (Å²) in [6, 6.07) is 3.75. The number of nitrogens with zero attached hydrogens (tertiary/aromatic N) is 3. The second-order valence-corrected chi connectivity index (χ2v) is 6.46. The van der Waals surface area contributed by atoms with E-state index >= 15 is 0 Å². The van der Waals surface area contributed by atoms with Crippen molar-refractivity contribution in [1.82, 2.24) is 15.3 Å². The zero-order chi connectivity index (χ0) is 16.5. The second-order valence-electron chi connectivity index (χ2n) is 4.98. The zero-order valence-electron chi connectivity index (χ0n) is 13.4. The molecule has 0 aliphatic carbocycles. The minimum absolute atomic E-state index is 0.627. The lowest BCUT2D eigenvalue weighted by Crippen LogP contribution is -2.38. The molecule has 0 bridgehead atoms. The van der Waals surface area contributed by atoms with E-state index in [1.807, 2.05) is 25.3 Å². The molecule has 1 aliphatic rings. The van der Waals surface area contributed by atoms with Crippen molar-refractivity contribution in [1.29, 1.82) is 0 Å². The lowest BCUT2D eigenvalue weighted by Gasteiger charge is -2.26. The van der Waals surface area contributed by atoms with E-state index in [4.69, 9.17) is 21.7 Å². The third-order valence-corrected chi connectivity index (χ3v) is 4.44. The normalized spacial score (nSPS) is 16.2. The van der Waals surface area contributed by atoms with Crippen LogP contribution >= 0.6 is 24.0 Å². The molecule has 2 rings (SSSR count). The predicted octanol–water partition coefficient (Wildman–Crippen LogP) is 1.75. The van der Waals surface area contributed by atoms with Gasteiger partial charge in [-0.25, -0.2) is 0 Å². The lowest BCUT2D eigenvalue weighted by molar-refractivity contribution is 0.0322. The number of nitrogens with one attached hydrogen (secondary N) is 1.